The van der Waals surface area contributed by atoms with Crippen LogP contribution >= 0.6 is 0 Å². The molecule has 1 aliphatic rings. The van der Waals surface area contributed by atoms with E-state index >= 15 is 0 Å². The van der Waals surface area contributed by atoms with Gasteiger partial charge in [0.25, 0.3) is 0 Å². The lowest BCUT2D eigenvalue weighted by molar-refractivity contribution is -0.147. The van der Waals surface area contributed by atoms with Gasteiger partial charge in [-0.15, -0.1) is 0 Å². The third-order valence-electron chi connectivity index (χ3n) is 3.75. The van der Waals surface area contributed by atoms with Gasteiger partial charge in [-0.05, 0) is 24.6 Å². The summed E-state index contributed by atoms with van der Waals surface area (Å²) in [7, 11) is 1.55. The highest BCUT2D eigenvalue weighted by atomic mass is 32.2. The molecule has 2 rings (SSSR count). The van der Waals surface area contributed by atoms with Gasteiger partial charge in [0, 0.05) is 12.1 Å². The molecule has 1 heterocycles. The first kappa shape index (κ1) is 18.2. The minimum absolute atomic E-state index is 0.193. The molecule has 0 saturated heterocycles. The second-order valence-corrected chi connectivity index (χ2v) is 5.96. The van der Waals surface area contributed by atoms with Crippen molar-refractivity contribution in [2.75, 3.05) is 13.7 Å². The first-order valence-corrected chi connectivity index (χ1v) is 8.41. The number of ether oxygens (including phenoxy) is 2. The first-order valence-electron chi connectivity index (χ1n) is 7.38. The maximum absolute atomic E-state index is 12.5. The zero-order valence-corrected chi connectivity index (χ0v) is 14.2. The molecular formula is C16H18NO6S-. The molecule has 0 aromatic heterocycles. The van der Waals surface area contributed by atoms with Crippen molar-refractivity contribution in [3.8, 4) is 5.75 Å². The van der Waals surface area contributed by atoms with E-state index in [4.69, 9.17) is 9.47 Å². The van der Waals surface area contributed by atoms with Crippen LogP contribution in [0.5, 0.6) is 5.75 Å². The lowest BCUT2D eigenvalue weighted by Crippen LogP contribution is -2.40. The van der Waals surface area contributed by atoms with E-state index in [1.165, 1.54) is 6.20 Å². The number of esters is 1. The number of carbonyl (C=O) groups is 2. The number of methoxy groups -OCH3 is 1. The Morgan fingerprint density at radius 3 is 2.54 bits per heavy atom. The number of carbonyl (C=O) groups excluding carboxylic acids is 2. The highest BCUT2D eigenvalue weighted by molar-refractivity contribution is 7.77. The van der Waals surface area contributed by atoms with Crippen molar-refractivity contribution in [2.24, 2.45) is 5.92 Å². The Bertz CT molecular complexity index is 657. The monoisotopic (exact) mass is 352 g/mol. The molecule has 3 atom stereocenters. The van der Waals surface area contributed by atoms with E-state index in [-0.39, 0.29) is 13.0 Å². The van der Waals surface area contributed by atoms with Gasteiger partial charge in [0.15, 0.2) is 0 Å². The van der Waals surface area contributed by atoms with E-state index in [9.17, 15) is 18.4 Å². The van der Waals surface area contributed by atoms with Crippen LogP contribution in [0.25, 0.3) is 0 Å². The van der Waals surface area contributed by atoms with Crippen LogP contribution in [0.3, 0.4) is 0 Å². The third kappa shape index (κ3) is 4.01. The number of hydrogen-bond donors (Lipinski definition) is 0. The first-order chi connectivity index (χ1) is 11.5. The minimum atomic E-state index is -2.72. The predicted molar refractivity (Wildman–Crippen MR) is 85.4 cm³/mol. The van der Waals surface area contributed by atoms with Crippen molar-refractivity contribution in [1.82, 2.24) is 4.31 Å². The van der Waals surface area contributed by atoms with Crippen molar-refractivity contribution in [1.29, 1.82) is 0 Å². The van der Waals surface area contributed by atoms with Gasteiger partial charge in [-0.25, -0.2) is 4.31 Å². The molecule has 0 aliphatic carbocycles. The fourth-order valence-corrected chi connectivity index (χ4v) is 3.05. The zero-order chi connectivity index (χ0) is 17.7. The molecule has 0 bridgehead atoms. The number of benzene rings is 1. The molecule has 1 amide bonds. The van der Waals surface area contributed by atoms with Crippen LogP contribution < -0.4 is 4.74 Å². The molecule has 1 aliphatic heterocycles. The van der Waals surface area contributed by atoms with Crippen molar-refractivity contribution in [3.05, 3.63) is 42.1 Å². The molecule has 24 heavy (non-hydrogen) atoms. The van der Waals surface area contributed by atoms with Crippen molar-refractivity contribution in [2.45, 2.75) is 19.3 Å². The summed E-state index contributed by atoms with van der Waals surface area (Å²) in [5, 5.41) is 0. The summed E-state index contributed by atoms with van der Waals surface area (Å²) in [6.07, 6.45) is 2.62. The normalized spacial score (nSPS) is 21.5. The molecule has 0 fully saturated rings. The number of allylic oxidation sites excluding steroid dienone is 1. The Morgan fingerprint density at radius 1 is 1.33 bits per heavy atom. The SMILES string of the molecule is CCOC(=O)C[C@@H]1C(=O)N(S(=O)[O-])C=C[C@@H]1c1ccc(OC)cc1. The van der Waals surface area contributed by atoms with Gasteiger partial charge in [0.2, 0.25) is 5.91 Å². The van der Waals surface area contributed by atoms with E-state index in [2.05, 4.69) is 0 Å². The smallest absolute Gasteiger partial charge is 0.306 e. The van der Waals surface area contributed by atoms with Gasteiger partial charge in [-0.2, -0.15) is 0 Å². The van der Waals surface area contributed by atoms with Crippen molar-refractivity contribution < 1.29 is 27.8 Å². The summed E-state index contributed by atoms with van der Waals surface area (Å²) in [5.41, 5.74) is 0.783. The molecule has 0 saturated carbocycles. The average molecular weight is 352 g/mol. The zero-order valence-electron chi connectivity index (χ0n) is 13.3. The molecule has 1 aromatic rings. The number of amides is 1. The van der Waals surface area contributed by atoms with Crippen LogP contribution in [-0.2, 0) is 25.6 Å². The third-order valence-corrected chi connectivity index (χ3v) is 4.37. The van der Waals surface area contributed by atoms with Crippen LogP contribution in [0.4, 0.5) is 0 Å². The van der Waals surface area contributed by atoms with E-state index in [1.807, 2.05) is 0 Å². The Balaban J connectivity index is 2.33. The summed E-state index contributed by atoms with van der Waals surface area (Å²) >= 11 is -2.72. The van der Waals surface area contributed by atoms with Crippen LogP contribution in [0.2, 0.25) is 0 Å². The van der Waals surface area contributed by atoms with E-state index in [1.54, 1.807) is 44.4 Å². The Morgan fingerprint density at radius 2 is 2.00 bits per heavy atom. The second kappa shape index (κ2) is 8.07. The Kier molecular flexibility index (Phi) is 6.10. The Hall–Kier alpha value is -2.19. The summed E-state index contributed by atoms with van der Waals surface area (Å²) in [5.74, 6) is -1.80. The summed E-state index contributed by atoms with van der Waals surface area (Å²) in [6, 6.07) is 7.05. The van der Waals surface area contributed by atoms with Gasteiger partial charge in [0.1, 0.15) is 5.75 Å². The maximum atomic E-state index is 12.5. The molecule has 1 aromatic carbocycles. The predicted octanol–water partition coefficient (Wildman–Crippen LogP) is 1.50. The fourth-order valence-electron chi connectivity index (χ4n) is 2.60. The van der Waals surface area contributed by atoms with E-state index in [0.717, 1.165) is 5.56 Å². The average Bonchev–Trinajstić information content (AvgIpc) is 2.56. The number of nitrogens with zero attached hydrogens (tertiary/aromatic N) is 1. The minimum Gasteiger partial charge on any atom is -0.755 e. The van der Waals surface area contributed by atoms with Gasteiger partial charge < -0.3 is 14.0 Å². The summed E-state index contributed by atoms with van der Waals surface area (Å²) < 4.78 is 32.9. The molecule has 8 heteroatoms. The molecule has 7 nitrogen and oxygen atoms in total. The number of rotatable bonds is 6. The van der Waals surface area contributed by atoms with Crippen molar-refractivity contribution in [3.63, 3.8) is 0 Å². The van der Waals surface area contributed by atoms with Crippen LogP contribution in [0.15, 0.2) is 36.5 Å². The molecule has 0 radical (unpaired) electrons. The quantitative estimate of drug-likeness (QED) is 0.569. The molecule has 130 valence electrons. The second-order valence-electron chi connectivity index (χ2n) is 5.14. The highest BCUT2D eigenvalue weighted by Crippen LogP contribution is 2.35. The van der Waals surface area contributed by atoms with Crippen LogP contribution in [0.1, 0.15) is 24.8 Å². The Labute approximate surface area is 142 Å². The molecule has 1 unspecified atom stereocenters. The topological polar surface area (TPSA) is 96.0 Å². The molecule has 0 spiro atoms. The fraction of sp³-hybridized carbons (Fsp3) is 0.375. The van der Waals surface area contributed by atoms with E-state index < -0.39 is 35.0 Å². The van der Waals surface area contributed by atoms with Gasteiger partial charge in [-0.3, -0.25) is 13.8 Å². The van der Waals surface area contributed by atoms with Crippen molar-refractivity contribution >= 4 is 23.1 Å². The molecule has 0 N–H and O–H groups in total. The van der Waals surface area contributed by atoms with E-state index in [0.29, 0.717) is 10.1 Å². The van der Waals surface area contributed by atoms with Crippen LogP contribution in [0, 0.1) is 5.92 Å². The van der Waals surface area contributed by atoms with Gasteiger partial charge in [0.05, 0.1) is 37.3 Å². The van der Waals surface area contributed by atoms with Crippen LogP contribution in [-0.4, -0.2) is 38.7 Å². The lowest BCUT2D eigenvalue weighted by Gasteiger charge is -2.33. The molecular weight excluding hydrogens is 334 g/mol. The largest absolute Gasteiger partial charge is 0.755 e. The standard InChI is InChI=1S/C16H19NO6S/c1-3-23-15(18)10-14-13(8-9-17(16(14)19)24(20)21)11-4-6-12(22-2)7-5-11/h4-9,13-14H,3,10H2,1-2H3,(H,20,21)/p-1/t13-,14+/m1/s1. The maximum Gasteiger partial charge on any atom is 0.306 e. The summed E-state index contributed by atoms with van der Waals surface area (Å²) in [4.78, 5) is 24.3. The van der Waals surface area contributed by atoms with Gasteiger partial charge >= 0.3 is 5.97 Å². The van der Waals surface area contributed by atoms with Gasteiger partial charge in [-0.1, -0.05) is 18.2 Å². The lowest BCUT2D eigenvalue weighted by atomic mass is 9.81. The number of hydrogen-bond acceptors (Lipinski definition) is 6. The summed E-state index contributed by atoms with van der Waals surface area (Å²) in [6.45, 7) is 1.86. The highest BCUT2D eigenvalue weighted by Gasteiger charge is 2.36.